The van der Waals surface area contributed by atoms with Crippen molar-refractivity contribution in [3.63, 3.8) is 0 Å². The van der Waals surface area contributed by atoms with Gasteiger partial charge in [-0.05, 0) is 32.0 Å². The summed E-state index contributed by atoms with van der Waals surface area (Å²) in [7, 11) is 1.75. The van der Waals surface area contributed by atoms with Gasteiger partial charge >= 0.3 is 0 Å². The molecule has 0 radical (unpaired) electrons. The monoisotopic (exact) mass is 249 g/mol. The number of hydrogen-bond acceptors (Lipinski definition) is 4. The van der Waals surface area contributed by atoms with Gasteiger partial charge in [0.05, 0.1) is 5.69 Å². The largest absolute Gasteiger partial charge is 0.482 e. The highest BCUT2D eigenvalue weighted by molar-refractivity contribution is 5.97. The first kappa shape index (κ1) is 12.7. The van der Waals surface area contributed by atoms with E-state index in [-0.39, 0.29) is 18.1 Å². The van der Waals surface area contributed by atoms with Crippen molar-refractivity contribution in [2.45, 2.75) is 19.4 Å². The Labute approximate surface area is 107 Å². The topological polar surface area (TPSA) is 67.6 Å². The minimum Gasteiger partial charge on any atom is -0.482 e. The summed E-state index contributed by atoms with van der Waals surface area (Å²) in [5, 5.41) is 3.33. The molecule has 0 aliphatic carbocycles. The molecule has 0 saturated carbocycles. The molecule has 98 valence electrons. The smallest absolute Gasteiger partial charge is 0.264 e. The zero-order valence-electron chi connectivity index (χ0n) is 11.0. The minimum absolute atomic E-state index is 0.0438. The predicted molar refractivity (Wildman–Crippen MR) is 72.1 cm³/mol. The number of amides is 1. The Morgan fingerprint density at radius 3 is 2.89 bits per heavy atom. The van der Waals surface area contributed by atoms with Gasteiger partial charge in [-0.2, -0.15) is 0 Å². The van der Waals surface area contributed by atoms with Crippen molar-refractivity contribution in [2.24, 2.45) is 5.73 Å². The van der Waals surface area contributed by atoms with Crippen molar-refractivity contribution >= 4 is 17.3 Å². The van der Waals surface area contributed by atoms with E-state index in [1.54, 1.807) is 11.9 Å². The number of carbonyl (C=O) groups is 1. The third kappa shape index (κ3) is 2.41. The first-order valence-corrected chi connectivity index (χ1v) is 5.94. The summed E-state index contributed by atoms with van der Waals surface area (Å²) >= 11 is 0. The highest BCUT2D eigenvalue weighted by atomic mass is 16.5. The zero-order valence-corrected chi connectivity index (χ0v) is 11.0. The van der Waals surface area contributed by atoms with Gasteiger partial charge in [0.2, 0.25) is 0 Å². The van der Waals surface area contributed by atoms with Crippen LogP contribution in [0.3, 0.4) is 0 Å². The van der Waals surface area contributed by atoms with Gasteiger partial charge in [0.25, 0.3) is 5.91 Å². The van der Waals surface area contributed by atoms with Gasteiger partial charge in [-0.25, -0.2) is 0 Å². The van der Waals surface area contributed by atoms with Crippen molar-refractivity contribution in [2.75, 3.05) is 30.4 Å². The first-order valence-electron chi connectivity index (χ1n) is 5.94. The van der Waals surface area contributed by atoms with Crippen LogP contribution in [0.5, 0.6) is 5.75 Å². The maximum atomic E-state index is 11.6. The Bertz CT molecular complexity index is 471. The highest BCUT2D eigenvalue weighted by Crippen LogP contribution is 2.34. The molecule has 1 aliphatic rings. The summed E-state index contributed by atoms with van der Waals surface area (Å²) in [6.07, 6.45) is 0. The van der Waals surface area contributed by atoms with Gasteiger partial charge in [0.15, 0.2) is 6.61 Å². The van der Waals surface area contributed by atoms with Gasteiger partial charge in [-0.1, -0.05) is 0 Å². The number of benzene rings is 1. The second kappa shape index (κ2) is 4.49. The minimum atomic E-state index is -0.188. The molecule has 0 fully saturated rings. The normalized spacial score (nSPS) is 15.1. The molecule has 2 rings (SSSR count). The molecular formula is C13H19N3O2. The average Bonchev–Trinajstić information content (AvgIpc) is 2.34. The van der Waals surface area contributed by atoms with Crippen molar-refractivity contribution in [3.05, 3.63) is 18.2 Å². The lowest BCUT2D eigenvalue weighted by molar-refractivity contribution is -0.120. The number of carbonyl (C=O) groups excluding carboxylic acids is 1. The Morgan fingerprint density at radius 1 is 1.50 bits per heavy atom. The number of ether oxygens (including phenoxy) is 1. The van der Waals surface area contributed by atoms with E-state index in [1.165, 1.54) is 0 Å². The summed E-state index contributed by atoms with van der Waals surface area (Å²) in [5.74, 6) is 0.686. The van der Waals surface area contributed by atoms with E-state index in [9.17, 15) is 4.79 Å². The van der Waals surface area contributed by atoms with Gasteiger partial charge in [-0.3, -0.25) is 4.79 Å². The number of fused-ring (bicyclic) bond motifs is 1. The van der Waals surface area contributed by atoms with Crippen LogP contribution in [0.2, 0.25) is 0 Å². The van der Waals surface area contributed by atoms with Crippen LogP contribution in [-0.2, 0) is 4.79 Å². The molecule has 1 amide bonds. The van der Waals surface area contributed by atoms with Crippen LogP contribution in [0.1, 0.15) is 13.8 Å². The molecule has 1 heterocycles. The van der Waals surface area contributed by atoms with Gasteiger partial charge in [0.1, 0.15) is 5.75 Å². The fraction of sp³-hybridized carbons (Fsp3) is 0.462. The van der Waals surface area contributed by atoms with E-state index in [0.717, 1.165) is 17.1 Å². The van der Waals surface area contributed by atoms with E-state index in [1.807, 2.05) is 32.0 Å². The van der Waals surface area contributed by atoms with Gasteiger partial charge in [-0.15, -0.1) is 0 Å². The maximum Gasteiger partial charge on any atom is 0.264 e. The van der Waals surface area contributed by atoms with Crippen LogP contribution in [-0.4, -0.2) is 31.6 Å². The summed E-state index contributed by atoms with van der Waals surface area (Å²) < 4.78 is 5.37. The number of nitrogens with two attached hydrogens (primary N) is 1. The summed E-state index contributed by atoms with van der Waals surface area (Å²) in [4.78, 5) is 13.2. The molecule has 5 heteroatoms. The second-order valence-corrected chi connectivity index (χ2v) is 5.14. The van der Waals surface area contributed by atoms with Crippen LogP contribution < -0.4 is 20.7 Å². The molecule has 0 aromatic heterocycles. The number of nitrogens with one attached hydrogen (secondary N) is 1. The van der Waals surface area contributed by atoms with Gasteiger partial charge < -0.3 is 20.7 Å². The Morgan fingerprint density at radius 2 is 2.22 bits per heavy atom. The molecule has 0 unspecified atom stereocenters. The molecule has 1 aliphatic heterocycles. The molecule has 1 aromatic carbocycles. The van der Waals surface area contributed by atoms with Crippen LogP contribution in [0.25, 0.3) is 0 Å². The highest BCUT2D eigenvalue weighted by Gasteiger charge is 2.23. The summed E-state index contributed by atoms with van der Waals surface area (Å²) in [6, 6.07) is 5.71. The van der Waals surface area contributed by atoms with E-state index < -0.39 is 0 Å². The third-order valence-electron chi connectivity index (χ3n) is 3.04. The molecule has 0 bridgehead atoms. The molecule has 1 aromatic rings. The molecule has 0 atom stereocenters. The lowest BCUT2D eigenvalue weighted by Crippen LogP contribution is -2.39. The molecular weight excluding hydrogens is 230 g/mol. The number of hydrogen-bond donors (Lipinski definition) is 2. The van der Waals surface area contributed by atoms with E-state index in [0.29, 0.717) is 6.54 Å². The first-order chi connectivity index (χ1) is 8.43. The predicted octanol–water partition coefficient (Wildman–Crippen LogP) is 1.19. The lowest BCUT2D eigenvalue weighted by Gasteiger charge is -2.29. The van der Waals surface area contributed by atoms with Crippen molar-refractivity contribution in [3.8, 4) is 5.75 Å². The van der Waals surface area contributed by atoms with E-state index >= 15 is 0 Å². The molecule has 3 N–H and O–H groups in total. The van der Waals surface area contributed by atoms with Crippen LogP contribution in [0.4, 0.5) is 11.4 Å². The second-order valence-electron chi connectivity index (χ2n) is 5.14. The average molecular weight is 249 g/mol. The fourth-order valence-corrected chi connectivity index (χ4v) is 1.79. The van der Waals surface area contributed by atoms with E-state index in [2.05, 4.69) is 5.32 Å². The number of nitrogens with zero attached hydrogens (tertiary/aromatic N) is 1. The molecule has 0 spiro atoms. The van der Waals surface area contributed by atoms with Crippen molar-refractivity contribution in [1.82, 2.24) is 0 Å². The zero-order chi connectivity index (χ0) is 13.3. The maximum absolute atomic E-state index is 11.6. The Hall–Kier alpha value is -1.75. The number of rotatable bonds is 3. The molecule has 0 saturated heterocycles. The van der Waals surface area contributed by atoms with Crippen LogP contribution in [0, 0.1) is 0 Å². The Kier molecular flexibility index (Phi) is 3.17. The quantitative estimate of drug-likeness (QED) is 0.844. The SMILES string of the molecule is CN1C(=O)COc2ccc(NC(C)(C)CN)cc21. The Balaban J connectivity index is 2.29. The molecule has 5 nitrogen and oxygen atoms in total. The lowest BCUT2D eigenvalue weighted by atomic mass is 10.1. The van der Waals surface area contributed by atoms with E-state index in [4.69, 9.17) is 10.5 Å². The van der Waals surface area contributed by atoms with Gasteiger partial charge in [0, 0.05) is 24.8 Å². The summed E-state index contributed by atoms with van der Waals surface area (Å²) in [6.45, 7) is 4.68. The fourth-order valence-electron chi connectivity index (χ4n) is 1.79. The van der Waals surface area contributed by atoms with Crippen LogP contribution >= 0.6 is 0 Å². The number of likely N-dealkylation sites (N-methyl/N-ethyl adjacent to an activating group) is 1. The third-order valence-corrected chi connectivity index (χ3v) is 3.04. The van der Waals surface area contributed by atoms with Crippen molar-refractivity contribution in [1.29, 1.82) is 0 Å². The summed E-state index contributed by atoms with van der Waals surface area (Å²) in [5.41, 5.74) is 7.21. The van der Waals surface area contributed by atoms with Crippen molar-refractivity contribution < 1.29 is 9.53 Å². The standard InChI is InChI=1S/C13H19N3O2/c1-13(2,8-14)15-9-4-5-11-10(6-9)16(3)12(17)7-18-11/h4-6,15H,7-8,14H2,1-3H3. The molecule has 18 heavy (non-hydrogen) atoms. The van der Waals surface area contributed by atoms with Crippen LogP contribution in [0.15, 0.2) is 18.2 Å². The number of anilines is 2.